The highest BCUT2D eigenvalue weighted by atomic mass is 19.1. The molecule has 1 aliphatic rings. The van der Waals surface area contributed by atoms with Crippen molar-refractivity contribution >= 4 is 5.78 Å². The lowest BCUT2D eigenvalue weighted by Gasteiger charge is -2.20. The Bertz CT molecular complexity index is 386. The number of aromatic nitrogens is 1. The summed E-state index contributed by atoms with van der Waals surface area (Å²) in [5.41, 5.74) is -0.0450. The molecule has 1 aromatic rings. The average Bonchev–Trinajstić information content (AvgIpc) is 2.65. The van der Waals surface area contributed by atoms with Gasteiger partial charge in [0, 0.05) is 23.7 Å². The van der Waals surface area contributed by atoms with Gasteiger partial charge in [0.05, 0.1) is 6.20 Å². The normalized spacial score (nSPS) is 25.5. The number of nitrogens with one attached hydrogen (secondary N) is 1. The predicted octanol–water partition coefficient (Wildman–Crippen LogP) is 1.40. The second-order valence-electron chi connectivity index (χ2n) is 4.21. The summed E-state index contributed by atoms with van der Waals surface area (Å²) in [6.07, 6.45) is 3.32. The zero-order chi connectivity index (χ0) is 10.9. The molecule has 0 aromatic carbocycles. The molecule has 1 unspecified atom stereocenters. The first kappa shape index (κ1) is 10.2. The number of halogens is 1. The second kappa shape index (κ2) is 3.70. The molecule has 4 heteroatoms. The van der Waals surface area contributed by atoms with E-state index in [1.54, 1.807) is 0 Å². The summed E-state index contributed by atoms with van der Waals surface area (Å²) in [6, 6.07) is 1.25. The van der Waals surface area contributed by atoms with Crippen LogP contribution in [0.2, 0.25) is 0 Å². The molecule has 0 saturated carbocycles. The van der Waals surface area contributed by atoms with Gasteiger partial charge in [0.2, 0.25) is 0 Å². The lowest BCUT2D eigenvalue weighted by Crippen LogP contribution is -2.30. The molecule has 1 aromatic heterocycles. The third-order valence-electron chi connectivity index (χ3n) is 2.88. The van der Waals surface area contributed by atoms with Crippen molar-refractivity contribution in [1.29, 1.82) is 0 Å². The largest absolute Gasteiger partial charge is 0.316 e. The molecule has 0 spiro atoms. The van der Waals surface area contributed by atoms with Crippen molar-refractivity contribution in [3.63, 3.8) is 0 Å². The summed E-state index contributed by atoms with van der Waals surface area (Å²) in [6.45, 7) is 3.40. The van der Waals surface area contributed by atoms with Gasteiger partial charge in [-0.05, 0) is 19.0 Å². The summed E-state index contributed by atoms with van der Waals surface area (Å²) in [5.74, 6) is -0.491. The van der Waals surface area contributed by atoms with Crippen LogP contribution in [-0.4, -0.2) is 23.9 Å². The highest BCUT2D eigenvalue weighted by Crippen LogP contribution is 2.28. The van der Waals surface area contributed by atoms with Crippen LogP contribution in [0.5, 0.6) is 0 Å². The molecular weight excluding hydrogens is 195 g/mol. The number of hydrogen-bond acceptors (Lipinski definition) is 3. The Kier molecular flexibility index (Phi) is 2.52. The number of rotatable bonds is 2. The van der Waals surface area contributed by atoms with Crippen LogP contribution in [0.3, 0.4) is 0 Å². The van der Waals surface area contributed by atoms with Gasteiger partial charge in [-0.25, -0.2) is 4.39 Å². The minimum absolute atomic E-state index is 0.0282. The van der Waals surface area contributed by atoms with Gasteiger partial charge in [-0.1, -0.05) is 6.92 Å². The fourth-order valence-electron chi connectivity index (χ4n) is 1.90. The van der Waals surface area contributed by atoms with E-state index < -0.39 is 11.2 Å². The third kappa shape index (κ3) is 1.90. The van der Waals surface area contributed by atoms with E-state index in [2.05, 4.69) is 10.3 Å². The van der Waals surface area contributed by atoms with E-state index in [4.69, 9.17) is 0 Å². The van der Waals surface area contributed by atoms with Gasteiger partial charge in [-0.15, -0.1) is 0 Å². The maximum Gasteiger partial charge on any atom is 0.171 e. The maximum atomic E-state index is 12.9. The number of hydrogen-bond donors (Lipinski definition) is 1. The molecule has 2 heterocycles. The monoisotopic (exact) mass is 208 g/mol. The van der Waals surface area contributed by atoms with Gasteiger partial charge >= 0.3 is 0 Å². The van der Waals surface area contributed by atoms with Crippen LogP contribution >= 0.6 is 0 Å². The number of nitrogens with zero attached hydrogens (tertiary/aromatic N) is 1. The SMILES string of the molecule is CC1(C(=O)c2cncc(F)c2)CCNC1. The van der Waals surface area contributed by atoms with Crippen LogP contribution in [0.4, 0.5) is 4.39 Å². The quantitative estimate of drug-likeness (QED) is 0.747. The van der Waals surface area contributed by atoms with Crippen molar-refractivity contribution in [3.8, 4) is 0 Å². The number of Topliss-reactive ketones (excluding diaryl/α,β-unsaturated/α-hetero) is 1. The number of pyridine rings is 1. The van der Waals surface area contributed by atoms with E-state index in [1.165, 1.54) is 12.3 Å². The molecule has 3 nitrogen and oxygen atoms in total. The van der Waals surface area contributed by atoms with Gasteiger partial charge in [0.1, 0.15) is 5.82 Å². The fourth-order valence-corrected chi connectivity index (χ4v) is 1.90. The lowest BCUT2D eigenvalue weighted by atomic mass is 9.82. The average molecular weight is 208 g/mol. The van der Waals surface area contributed by atoms with Crippen molar-refractivity contribution in [2.24, 2.45) is 5.41 Å². The van der Waals surface area contributed by atoms with Gasteiger partial charge in [0.15, 0.2) is 5.78 Å². The Morgan fingerprint density at radius 1 is 1.60 bits per heavy atom. The minimum Gasteiger partial charge on any atom is -0.316 e. The summed E-state index contributed by atoms with van der Waals surface area (Å²) >= 11 is 0. The van der Waals surface area contributed by atoms with E-state index in [9.17, 15) is 9.18 Å². The van der Waals surface area contributed by atoms with E-state index in [0.29, 0.717) is 12.1 Å². The van der Waals surface area contributed by atoms with Crippen molar-refractivity contribution in [1.82, 2.24) is 10.3 Å². The lowest BCUT2D eigenvalue weighted by molar-refractivity contribution is 0.0838. The first-order valence-corrected chi connectivity index (χ1v) is 4.98. The van der Waals surface area contributed by atoms with Gasteiger partial charge in [-0.2, -0.15) is 0 Å². The Balaban J connectivity index is 2.27. The Morgan fingerprint density at radius 2 is 2.40 bits per heavy atom. The van der Waals surface area contributed by atoms with Crippen LogP contribution in [0.1, 0.15) is 23.7 Å². The fraction of sp³-hybridized carbons (Fsp3) is 0.455. The highest BCUT2D eigenvalue weighted by Gasteiger charge is 2.36. The molecule has 1 aliphatic heterocycles. The minimum atomic E-state index is -0.463. The van der Waals surface area contributed by atoms with Crippen LogP contribution in [0.15, 0.2) is 18.5 Å². The first-order valence-electron chi connectivity index (χ1n) is 4.98. The number of carbonyl (C=O) groups excluding carboxylic acids is 1. The summed E-state index contributed by atoms with van der Waals surface area (Å²) in [4.78, 5) is 15.8. The van der Waals surface area contributed by atoms with Crippen molar-refractivity contribution in [2.45, 2.75) is 13.3 Å². The van der Waals surface area contributed by atoms with Crippen LogP contribution in [0, 0.1) is 11.2 Å². The molecule has 15 heavy (non-hydrogen) atoms. The summed E-state index contributed by atoms with van der Waals surface area (Å²) in [5, 5.41) is 3.14. The topological polar surface area (TPSA) is 42.0 Å². The van der Waals surface area contributed by atoms with Crippen molar-refractivity contribution in [3.05, 3.63) is 29.8 Å². The molecule has 1 N–H and O–H groups in total. The van der Waals surface area contributed by atoms with E-state index >= 15 is 0 Å². The summed E-state index contributed by atoms with van der Waals surface area (Å²) < 4.78 is 12.9. The Hall–Kier alpha value is -1.29. The van der Waals surface area contributed by atoms with Gasteiger partial charge < -0.3 is 5.32 Å². The molecule has 0 bridgehead atoms. The van der Waals surface area contributed by atoms with Crippen LogP contribution in [-0.2, 0) is 0 Å². The molecular formula is C11H13FN2O. The standard InChI is InChI=1S/C11H13FN2O/c1-11(2-3-13-7-11)10(15)8-4-9(12)6-14-5-8/h4-6,13H,2-3,7H2,1H3. The molecule has 0 radical (unpaired) electrons. The molecule has 0 amide bonds. The third-order valence-corrected chi connectivity index (χ3v) is 2.88. The summed E-state index contributed by atoms with van der Waals surface area (Å²) in [7, 11) is 0. The molecule has 0 aliphatic carbocycles. The van der Waals surface area contributed by atoms with Crippen LogP contribution < -0.4 is 5.32 Å². The zero-order valence-electron chi connectivity index (χ0n) is 8.59. The molecule has 80 valence electrons. The maximum absolute atomic E-state index is 12.9. The smallest absolute Gasteiger partial charge is 0.171 e. The Morgan fingerprint density at radius 3 is 3.00 bits per heavy atom. The van der Waals surface area contributed by atoms with Gasteiger partial charge in [0.25, 0.3) is 0 Å². The molecule has 1 saturated heterocycles. The van der Waals surface area contributed by atoms with Gasteiger partial charge in [-0.3, -0.25) is 9.78 Å². The van der Waals surface area contributed by atoms with E-state index in [0.717, 1.165) is 19.2 Å². The van der Waals surface area contributed by atoms with Crippen molar-refractivity contribution < 1.29 is 9.18 Å². The second-order valence-corrected chi connectivity index (χ2v) is 4.21. The molecule has 2 rings (SSSR count). The molecule has 1 atom stereocenters. The van der Waals surface area contributed by atoms with Crippen molar-refractivity contribution in [2.75, 3.05) is 13.1 Å². The predicted molar refractivity (Wildman–Crippen MR) is 54.1 cm³/mol. The number of carbonyl (C=O) groups is 1. The van der Waals surface area contributed by atoms with Crippen LogP contribution in [0.25, 0.3) is 0 Å². The Labute approximate surface area is 87.7 Å². The zero-order valence-corrected chi connectivity index (χ0v) is 8.59. The first-order chi connectivity index (χ1) is 7.12. The van der Waals surface area contributed by atoms with E-state index in [-0.39, 0.29) is 5.78 Å². The highest BCUT2D eigenvalue weighted by molar-refractivity contribution is 6.00. The van der Waals surface area contributed by atoms with E-state index in [1.807, 2.05) is 6.92 Å². The molecule has 1 fully saturated rings. The number of ketones is 1.